The summed E-state index contributed by atoms with van der Waals surface area (Å²) in [4.78, 5) is 3.59. The Morgan fingerprint density at radius 3 is 2.85 bits per heavy atom. The summed E-state index contributed by atoms with van der Waals surface area (Å²) in [5.41, 5.74) is 7.56. The predicted octanol–water partition coefficient (Wildman–Crippen LogP) is 3.63. The zero-order chi connectivity index (χ0) is 14.2. The number of H-pyrrole nitrogens is 1. The van der Waals surface area contributed by atoms with Gasteiger partial charge in [0.2, 0.25) is 0 Å². The van der Waals surface area contributed by atoms with Gasteiger partial charge in [0.05, 0.1) is 6.04 Å². The summed E-state index contributed by atoms with van der Waals surface area (Å²) in [6, 6.07) is 8.96. The summed E-state index contributed by atoms with van der Waals surface area (Å²) in [5, 5.41) is 4.99. The van der Waals surface area contributed by atoms with E-state index in [2.05, 4.69) is 65.7 Å². The van der Waals surface area contributed by atoms with E-state index in [4.69, 9.17) is 0 Å². The van der Waals surface area contributed by atoms with Crippen LogP contribution in [-0.4, -0.2) is 19.6 Å². The van der Waals surface area contributed by atoms with E-state index in [0.717, 1.165) is 19.4 Å². The molecule has 3 rings (SSSR count). The lowest BCUT2D eigenvalue weighted by atomic mass is 9.98. The minimum absolute atomic E-state index is 0.356. The summed E-state index contributed by atoms with van der Waals surface area (Å²) in [7, 11) is -1.26. The van der Waals surface area contributed by atoms with Crippen molar-refractivity contribution >= 4 is 19.0 Å². The second-order valence-corrected chi connectivity index (χ2v) is 11.3. The van der Waals surface area contributed by atoms with Gasteiger partial charge < -0.3 is 10.3 Å². The first-order valence-corrected chi connectivity index (χ1v) is 10.9. The molecular weight excluding hydrogens is 260 g/mol. The molecule has 2 N–H and O–H groups in total. The zero-order valence-electron chi connectivity index (χ0n) is 12.5. The number of aromatic nitrogens is 1. The van der Waals surface area contributed by atoms with Crippen LogP contribution in [0.15, 0.2) is 24.3 Å². The van der Waals surface area contributed by atoms with Gasteiger partial charge in [-0.05, 0) is 24.6 Å². The van der Waals surface area contributed by atoms with Crippen LogP contribution in [-0.2, 0) is 6.42 Å². The van der Waals surface area contributed by atoms with Gasteiger partial charge in [-0.15, -0.1) is 11.5 Å². The summed E-state index contributed by atoms with van der Waals surface area (Å²) in [6.07, 6.45) is 2.02. The molecule has 20 heavy (non-hydrogen) atoms. The van der Waals surface area contributed by atoms with Crippen molar-refractivity contribution in [3.05, 3.63) is 35.5 Å². The van der Waals surface area contributed by atoms with Gasteiger partial charge in [-0.3, -0.25) is 0 Å². The molecule has 0 bridgehead atoms. The fourth-order valence-corrected chi connectivity index (χ4v) is 3.49. The van der Waals surface area contributed by atoms with Gasteiger partial charge in [-0.25, -0.2) is 0 Å². The van der Waals surface area contributed by atoms with Gasteiger partial charge in [-0.2, -0.15) is 0 Å². The molecule has 2 nitrogen and oxygen atoms in total. The Hall–Kier alpha value is -1.50. The van der Waals surface area contributed by atoms with Gasteiger partial charge in [0.25, 0.3) is 0 Å². The summed E-state index contributed by atoms with van der Waals surface area (Å²) < 4.78 is 0. The largest absolute Gasteiger partial charge is 0.357 e. The SMILES string of the molecule is C[Si](C)(C)C#CC[C@@H]1NCCc2c1[nH]c1ccccc21. The van der Waals surface area contributed by atoms with Gasteiger partial charge in [0.15, 0.2) is 0 Å². The first kappa shape index (κ1) is 13.5. The minimum Gasteiger partial charge on any atom is -0.357 e. The van der Waals surface area contributed by atoms with Crippen molar-refractivity contribution in [1.82, 2.24) is 10.3 Å². The highest BCUT2D eigenvalue weighted by Gasteiger charge is 2.22. The van der Waals surface area contributed by atoms with Crippen LogP contribution in [0.1, 0.15) is 23.7 Å². The molecule has 1 aromatic carbocycles. The van der Waals surface area contributed by atoms with E-state index in [0.29, 0.717) is 6.04 Å². The molecule has 1 aliphatic heterocycles. The third-order valence-electron chi connectivity index (χ3n) is 3.73. The Bertz CT molecular complexity index is 682. The maximum atomic E-state index is 3.60. The number of hydrogen-bond acceptors (Lipinski definition) is 1. The second kappa shape index (κ2) is 5.12. The molecule has 1 aromatic heterocycles. The van der Waals surface area contributed by atoms with Gasteiger partial charge >= 0.3 is 0 Å². The highest BCUT2D eigenvalue weighted by atomic mass is 28.3. The third kappa shape index (κ3) is 2.67. The Kier molecular flexibility index (Phi) is 3.45. The number of hydrogen-bond donors (Lipinski definition) is 2. The lowest BCUT2D eigenvalue weighted by Gasteiger charge is -2.22. The third-order valence-corrected chi connectivity index (χ3v) is 4.66. The average molecular weight is 282 g/mol. The van der Waals surface area contributed by atoms with Gasteiger partial charge in [-0.1, -0.05) is 37.8 Å². The minimum atomic E-state index is -1.26. The summed E-state index contributed by atoms with van der Waals surface area (Å²) >= 11 is 0. The van der Waals surface area contributed by atoms with E-state index in [1.54, 1.807) is 0 Å². The van der Waals surface area contributed by atoms with Gasteiger partial charge in [0.1, 0.15) is 8.07 Å². The Balaban J connectivity index is 1.91. The molecular formula is C17H22N2Si. The van der Waals surface area contributed by atoms with Crippen molar-refractivity contribution < 1.29 is 0 Å². The first-order valence-electron chi connectivity index (χ1n) is 7.37. The Labute approximate surface area is 122 Å². The van der Waals surface area contributed by atoms with Crippen LogP contribution in [0.25, 0.3) is 10.9 Å². The molecule has 104 valence electrons. The molecule has 0 amide bonds. The van der Waals surface area contributed by atoms with Crippen molar-refractivity contribution in [2.75, 3.05) is 6.54 Å². The van der Waals surface area contributed by atoms with E-state index in [-0.39, 0.29) is 0 Å². The quantitative estimate of drug-likeness (QED) is 0.607. The number of fused-ring (bicyclic) bond motifs is 3. The zero-order valence-corrected chi connectivity index (χ0v) is 13.5. The maximum absolute atomic E-state index is 3.60. The fourth-order valence-electron chi connectivity index (χ4n) is 2.85. The van der Waals surface area contributed by atoms with Crippen molar-refractivity contribution in [2.24, 2.45) is 0 Å². The number of rotatable bonds is 1. The van der Waals surface area contributed by atoms with Crippen LogP contribution >= 0.6 is 0 Å². The van der Waals surface area contributed by atoms with Crippen molar-refractivity contribution in [1.29, 1.82) is 0 Å². The van der Waals surface area contributed by atoms with E-state index in [9.17, 15) is 0 Å². The number of para-hydroxylation sites is 1. The number of nitrogens with one attached hydrogen (secondary N) is 2. The molecule has 0 saturated carbocycles. The van der Waals surface area contributed by atoms with Crippen LogP contribution in [0.5, 0.6) is 0 Å². The molecule has 1 aliphatic rings. The van der Waals surface area contributed by atoms with Crippen molar-refractivity contribution in [3.8, 4) is 11.5 Å². The average Bonchev–Trinajstić information content (AvgIpc) is 2.77. The Morgan fingerprint density at radius 2 is 2.05 bits per heavy atom. The van der Waals surface area contributed by atoms with E-state index >= 15 is 0 Å². The molecule has 2 aromatic rings. The predicted molar refractivity (Wildman–Crippen MR) is 88.5 cm³/mol. The fraction of sp³-hybridized carbons (Fsp3) is 0.412. The lowest BCUT2D eigenvalue weighted by Crippen LogP contribution is -2.29. The molecule has 0 unspecified atom stereocenters. The number of benzene rings is 1. The first-order chi connectivity index (χ1) is 9.54. The molecule has 0 fully saturated rings. The molecule has 1 atom stereocenters. The molecule has 0 saturated heterocycles. The van der Waals surface area contributed by atoms with Crippen molar-refractivity contribution in [3.63, 3.8) is 0 Å². The van der Waals surface area contributed by atoms with E-state index in [1.165, 1.54) is 22.2 Å². The summed E-state index contributed by atoms with van der Waals surface area (Å²) in [6.45, 7) is 7.93. The standard InChI is InChI=1S/C17H22N2Si/c1-20(2,3)12-6-9-16-17-14(10-11-18-16)13-7-4-5-8-15(13)19-17/h4-5,7-8,16,18-19H,9-11H2,1-3H3/t16-/m0/s1. The maximum Gasteiger partial charge on any atom is 0.129 e. The normalized spacial score (nSPS) is 18.4. The molecule has 3 heteroatoms. The lowest BCUT2D eigenvalue weighted by molar-refractivity contribution is 0.507. The van der Waals surface area contributed by atoms with Crippen LogP contribution in [0.2, 0.25) is 19.6 Å². The summed E-state index contributed by atoms with van der Waals surface area (Å²) in [5.74, 6) is 3.41. The van der Waals surface area contributed by atoms with Crippen LogP contribution in [0, 0.1) is 11.5 Å². The highest BCUT2D eigenvalue weighted by molar-refractivity contribution is 6.83. The molecule has 0 aliphatic carbocycles. The van der Waals surface area contributed by atoms with Crippen molar-refractivity contribution in [2.45, 2.75) is 38.5 Å². The molecule has 0 spiro atoms. The number of aromatic amines is 1. The monoisotopic (exact) mass is 282 g/mol. The van der Waals surface area contributed by atoms with Gasteiger partial charge in [0, 0.05) is 23.0 Å². The van der Waals surface area contributed by atoms with E-state index < -0.39 is 8.07 Å². The smallest absolute Gasteiger partial charge is 0.129 e. The van der Waals surface area contributed by atoms with Crippen LogP contribution in [0.3, 0.4) is 0 Å². The molecule has 2 heterocycles. The molecule has 0 radical (unpaired) electrons. The second-order valence-electron chi connectivity index (χ2n) is 6.58. The topological polar surface area (TPSA) is 27.8 Å². The van der Waals surface area contributed by atoms with Crippen LogP contribution < -0.4 is 5.32 Å². The highest BCUT2D eigenvalue weighted by Crippen LogP contribution is 2.31. The van der Waals surface area contributed by atoms with E-state index in [1.807, 2.05) is 0 Å². The van der Waals surface area contributed by atoms with Crippen LogP contribution in [0.4, 0.5) is 0 Å². The Morgan fingerprint density at radius 1 is 1.25 bits per heavy atom.